The van der Waals surface area contributed by atoms with Crippen LogP contribution in [-0.4, -0.2) is 30.9 Å². The van der Waals surface area contributed by atoms with Crippen LogP contribution in [0.3, 0.4) is 0 Å². The Kier molecular flexibility index (Phi) is 3.80. The van der Waals surface area contributed by atoms with Crippen LogP contribution in [0.1, 0.15) is 16.1 Å². The van der Waals surface area contributed by atoms with Gasteiger partial charge < -0.3 is 5.32 Å². The zero-order valence-electron chi connectivity index (χ0n) is 11.6. The fourth-order valence-electron chi connectivity index (χ4n) is 1.91. The fourth-order valence-corrected chi connectivity index (χ4v) is 2.01. The number of carbonyl (C=O) groups is 1. The molecular formula is C14H11ClN6O. The molecule has 3 heterocycles. The van der Waals surface area contributed by atoms with Crippen molar-refractivity contribution in [1.82, 2.24) is 25.0 Å². The molecule has 0 bridgehead atoms. The van der Waals surface area contributed by atoms with E-state index < -0.39 is 0 Å². The first-order chi connectivity index (χ1) is 10.6. The first-order valence-electron chi connectivity index (χ1n) is 6.42. The highest BCUT2D eigenvalue weighted by molar-refractivity contribution is 6.29. The highest BCUT2D eigenvalue weighted by Crippen LogP contribution is 2.14. The molecule has 110 valence electrons. The molecule has 1 N–H and O–H groups in total. The summed E-state index contributed by atoms with van der Waals surface area (Å²) in [5, 5.41) is 14.6. The number of anilines is 1. The fraction of sp³-hybridized carbons (Fsp3) is 0.0714. The van der Waals surface area contributed by atoms with Gasteiger partial charge in [0, 0.05) is 6.20 Å². The molecule has 22 heavy (non-hydrogen) atoms. The van der Waals surface area contributed by atoms with Crippen LogP contribution in [0.2, 0.25) is 5.15 Å². The standard InChI is InChI=1S/C14H11ClN6O/c1-9-10(8-17-21(9)13-4-2-3-7-16-13)14(22)18-12-6-5-11(15)19-20-12/h2-8H,1H3,(H,18,20,22). The number of nitrogens with one attached hydrogen (secondary N) is 1. The second kappa shape index (κ2) is 5.90. The Hall–Kier alpha value is -2.80. The number of amides is 1. The van der Waals surface area contributed by atoms with Gasteiger partial charge in [0.2, 0.25) is 0 Å². The van der Waals surface area contributed by atoms with Gasteiger partial charge in [-0.25, -0.2) is 9.67 Å². The Balaban J connectivity index is 1.85. The Morgan fingerprint density at radius 3 is 2.77 bits per heavy atom. The van der Waals surface area contributed by atoms with Crippen LogP contribution in [0.5, 0.6) is 0 Å². The molecule has 1 amide bonds. The van der Waals surface area contributed by atoms with E-state index in [0.717, 1.165) is 0 Å². The number of rotatable bonds is 3. The molecule has 0 aliphatic heterocycles. The van der Waals surface area contributed by atoms with Crippen molar-refractivity contribution in [1.29, 1.82) is 0 Å². The van der Waals surface area contributed by atoms with Gasteiger partial charge in [0.05, 0.1) is 17.5 Å². The molecule has 0 fully saturated rings. The Morgan fingerprint density at radius 1 is 1.23 bits per heavy atom. The monoisotopic (exact) mass is 314 g/mol. The zero-order valence-corrected chi connectivity index (χ0v) is 12.3. The maximum atomic E-state index is 12.3. The van der Waals surface area contributed by atoms with Crippen molar-refractivity contribution in [3.05, 3.63) is 59.1 Å². The van der Waals surface area contributed by atoms with E-state index in [0.29, 0.717) is 22.9 Å². The lowest BCUT2D eigenvalue weighted by Crippen LogP contribution is -2.14. The van der Waals surface area contributed by atoms with Crippen LogP contribution in [0.4, 0.5) is 5.82 Å². The number of hydrogen-bond acceptors (Lipinski definition) is 5. The summed E-state index contributed by atoms with van der Waals surface area (Å²) < 4.78 is 1.60. The summed E-state index contributed by atoms with van der Waals surface area (Å²) in [7, 11) is 0. The van der Waals surface area contributed by atoms with Crippen LogP contribution < -0.4 is 5.32 Å². The third-order valence-electron chi connectivity index (χ3n) is 2.99. The second-order valence-electron chi connectivity index (χ2n) is 4.44. The number of pyridine rings is 1. The minimum Gasteiger partial charge on any atom is -0.305 e. The summed E-state index contributed by atoms with van der Waals surface area (Å²) in [6.45, 7) is 1.80. The molecule has 3 aromatic rings. The minimum atomic E-state index is -0.323. The molecular weight excluding hydrogens is 304 g/mol. The molecule has 3 rings (SSSR count). The first-order valence-corrected chi connectivity index (χ1v) is 6.79. The van der Waals surface area contributed by atoms with E-state index in [1.165, 1.54) is 6.20 Å². The van der Waals surface area contributed by atoms with E-state index in [4.69, 9.17) is 11.6 Å². The van der Waals surface area contributed by atoms with Crippen LogP contribution >= 0.6 is 11.6 Å². The third kappa shape index (κ3) is 2.79. The Morgan fingerprint density at radius 2 is 2.09 bits per heavy atom. The van der Waals surface area contributed by atoms with E-state index in [2.05, 4.69) is 25.6 Å². The van der Waals surface area contributed by atoms with Crippen molar-refractivity contribution < 1.29 is 4.79 Å². The van der Waals surface area contributed by atoms with E-state index in [-0.39, 0.29) is 11.1 Å². The molecule has 8 heteroatoms. The molecule has 0 aromatic carbocycles. The second-order valence-corrected chi connectivity index (χ2v) is 4.83. The number of aromatic nitrogens is 5. The van der Waals surface area contributed by atoms with E-state index in [9.17, 15) is 4.79 Å². The van der Waals surface area contributed by atoms with E-state index >= 15 is 0 Å². The Bertz CT molecular complexity index is 800. The van der Waals surface area contributed by atoms with Crippen LogP contribution in [0.25, 0.3) is 5.82 Å². The summed E-state index contributed by atoms with van der Waals surface area (Å²) in [6, 6.07) is 8.61. The average Bonchev–Trinajstić information content (AvgIpc) is 2.92. The highest BCUT2D eigenvalue weighted by atomic mass is 35.5. The van der Waals surface area contributed by atoms with Crippen molar-refractivity contribution in [2.75, 3.05) is 5.32 Å². The molecule has 0 atom stereocenters. The van der Waals surface area contributed by atoms with Crippen molar-refractivity contribution in [2.45, 2.75) is 6.92 Å². The normalized spacial score (nSPS) is 10.5. The predicted molar refractivity (Wildman–Crippen MR) is 81.1 cm³/mol. The molecule has 0 spiro atoms. The van der Waals surface area contributed by atoms with E-state index in [1.54, 1.807) is 29.9 Å². The van der Waals surface area contributed by atoms with Gasteiger partial charge in [-0.15, -0.1) is 10.2 Å². The van der Waals surface area contributed by atoms with Gasteiger partial charge in [-0.2, -0.15) is 5.10 Å². The summed E-state index contributed by atoms with van der Waals surface area (Å²) >= 11 is 5.66. The molecule has 0 saturated carbocycles. The van der Waals surface area contributed by atoms with Crippen molar-refractivity contribution in [2.24, 2.45) is 0 Å². The molecule has 3 aromatic heterocycles. The summed E-state index contributed by atoms with van der Waals surface area (Å²) in [6.07, 6.45) is 3.15. The molecule has 0 unspecified atom stereocenters. The topological polar surface area (TPSA) is 85.6 Å². The number of nitrogens with zero attached hydrogens (tertiary/aromatic N) is 5. The molecule has 0 aliphatic rings. The van der Waals surface area contributed by atoms with Crippen LogP contribution in [0.15, 0.2) is 42.7 Å². The molecule has 7 nitrogen and oxygen atoms in total. The Labute approximate surface area is 131 Å². The van der Waals surface area contributed by atoms with Gasteiger partial charge in [-0.05, 0) is 31.2 Å². The average molecular weight is 315 g/mol. The lowest BCUT2D eigenvalue weighted by Gasteiger charge is -2.05. The maximum absolute atomic E-state index is 12.3. The smallest absolute Gasteiger partial charge is 0.260 e. The van der Waals surface area contributed by atoms with Gasteiger partial charge in [0.15, 0.2) is 16.8 Å². The van der Waals surface area contributed by atoms with Crippen LogP contribution in [0, 0.1) is 6.92 Å². The van der Waals surface area contributed by atoms with Gasteiger partial charge in [-0.1, -0.05) is 17.7 Å². The quantitative estimate of drug-likeness (QED) is 0.801. The summed E-state index contributed by atoms with van der Waals surface area (Å²) in [4.78, 5) is 16.5. The lowest BCUT2D eigenvalue weighted by atomic mass is 10.2. The maximum Gasteiger partial charge on any atom is 0.260 e. The summed E-state index contributed by atoms with van der Waals surface area (Å²) in [5.74, 6) is 0.640. The highest BCUT2D eigenvalue weighted by Gasteiger charge is 2.16. The molecule has 0 aliphatic carbocycles. The SMILES string of the molecule is Cc1c(C(=O)Nc2ccc(Cl)nn2)cnn1-c1ccccn1. The van der Waals surface area contributed by atoms with Crippen LogP contribution in [-0.2, 0) is 0 Å². The van der Waals surface area contributed by atoms with Gasteiger partial charge in [0.25, 0.3) is 5.91 Å². The zero-order chi connectivity index (χ0) is 15.5. The van der Waals surface area contributed by atoms with Crippen molar-refractivity contribution >= 4 is 23.3 Å². The summed E-state index contributed by atoms with van der Waals surface area (Å²) in [5.41, 5.74) is 1.11. The molecule has 0 saturated heterocycles. The molecule has 0 radical (unpaired) electrons. The number of halogens is 1. The van der Waals surface area contributed by atoms with Gasteiger partial charge >= 0.3 is 0 Å². The number of hydrogen-bond donors (Lipinski definition) is 1. The van der Waals surface area contributed by atoms with E-state index in [1.807, 2.05) is 18.2 Å². The largest absolute Gasteiger partial charge is 0.305 e. The third-order valence-corrected chi connectivity index (χ3v) is 3.20. The van der Waals surface area contributed by atoms with Crippen molar-refractivity contribution in [3.63, 3.8) is 0 Å². The minimum absolute atomic E-state index is 0.261. The van der Waals surface area contributed by atoms with Crippen molar-refractivity contribution in [3.8, 4) is 5.82 Å². The predicted octanol–water partition coefficient (Wildman–Crippen LogP) is 2.27. The van der Waals surface area contributed by atoms with Gasteiger partial charge in [-0.3, -0.25) is 4.79 Å². The lowest BCUT2D eigenvalue weighted by molar-refractivity contribution is 0.102. The first kappa shape index (κ1) is 14.2. The number of carbonyl (C=O) groups excluding carboxylic acids is 1. The van der Waals surface area contributed by atoms with Gasteiger partial charge in [0.1, 0.15) is 0 Å².